The monoisotopic (exact) mass is 379 g/mol. The maximum atomic E-state index is 5.68. The van der Waals surface area contributed by atoms with E-state index in [0.29, 0.717) is 19.1 Å². The Morgan fingerprint density at radius 1 is 1.04 bits per heavy atom. The van der Waals surface area contributed by atoms with E-state index in [1.165, 1.54) is 22.9 Å². The number of rotatable bonds is 7. The van der Waals surface area contributed by atoms with Crippen molar-refractivity contribution in [3.8, 4) is 11.5 Å². The number of hydrogen-bond donors (Lipinski definition) is 2. The highest BCUT2D eigenvalue weighted by molar-refractivity contribution is 5.87. The Hall–Kier alpha value is -2.66. The van der Waals surface area contributed by atoms with Crippen molar-refractivity contribution in [2.45, 2.75) is 25.7 Å². The highest BCUT2D eigenvalue weighted by Crippen LogP contribution is 2.35. The van der Waals surface area contributed by atoms with Gasteiger partial charge in [0.25, 0.3) is 0 Å². The van der Waals surface area contributed by atoms with Crippen molar-refractivity contribution in [1.82, 2.24) is 9.88 Å². The van der Waals surface area contributed by atoms with Crippen LogP contribution < -0.4 is 14.8 Å². The molecule has 1 aromatic heterocycles. The van der Waals surface area contributed by atoms with Crippen LogP contribution in [-0.4, -0.2) is 43.7 Å². The van der Waals surface area contributed by atoms with Crippen molar-refractivity contribution in [3.63, 3.8) is 0 Å². The van der Waals surface area contributed by atoms with Gasteiger partial charge in [-0.25, -0.2) is 0 Å². The largest absolute Gasteiger partial charge is 0.486 e. The highest BCUT2D eigenvalue weighted by atomic mass is 16.6. The molecule has 5 heteroatoms. The third-order valence-electron chi connectivity index (χ3n) is 5.40. The topological polar surface area (TPSA) is 49.5 Å². The minimum atomic E-state index is 0.577. The fourth-order valence-electron chi connectivity index (χ4n) is 3.85. The lowest BCUT2D eigenvalue weighted by Gasteiger charge is -2.19. The van der Waals surface area contributed by atoms with Crippen LogP contribution in [0, 0.1) is 0 Å². The first-order chi connectivity index (χ1) is 13.6. The zero-order valence-electron chi connectivity index (χ0n) is 16.9. The number of ether oxygens (including phenoxy) is 2. The van der Waals surface area contributed by atoms with Gasteiger partial charge < -0.3 is 24.7 Å². The maximum absolute atomic E-state index is 5.68. The fourth-order valence-corrected chi connectivity index (χ4v) is 3.85. The molecule has 1 unspecified atom stereocenters. The van der Waals surface area contributed by atoms with Crippen molar-refractivity contribution in [2.24, 2.45) is 0 Å². The van der Waals surface area contributed by atoms with Crippen LogP contribution in [0.25, 0.3) is 10.9 Å². The van der Waals surface area contributed by atoms with E-state index in [1.54, 1.807) is 0 Å². The Morgan fingerprint density at radius 2 is 1.79 bits per heavy atom. The summed E-state index contributed by atoms with van der Waals surface area (Å²) in [5, 5.41) is 4.79. The normalized spacial score (nSPS) is 14.4. The Kier molecular flexibility index (Phi) is 5.44. The number of aromatic nitrogens is 1. The molecule has 0 bridgehead atoms. The SMILES string of the molecule is CCC(CCN(C)C)c1c[nH]c2cc(Nc3ccc4c(c3)OCCO4)ccc12. The van der Waals surface area contributed by atoms with E-state index in [4.69, 9.17) is 9.47 Å². The lowest BCUT2D eigenvalue weighted by molar-refractivity contribution is 0.171. The van der Waals surface area contributed by atoms with Gasteiger partial charge in [0.05, 0.1) is 0 Å². The number of H-pyrrole nitrogens is 1. The zero-order chi connectivity index (χ0) is 19.5. The van der Waals surface area contributed by atoms with E-state index >= 15 is 0 Å². The maximum Gasteiger partial charge on any atom is 0.163 e. The van der Waals surface area contributed by atoms with Gasteiger partial charge in [-0.15, -0.1) is 0 Å². The third-order valence-corrected chi connectivity index (χ3v) is 5.40. The van der Waals surface area contributed by atoms with Crippen molar-refractivity contribution < 1.29 is 9.47 Å². The molecule has 1 atom stereocenters. The second-order valence-corrected chi connectivity index (χ2v) is 7.68. The van der Waals surface area contributed by atoms with Crippen molar-refractivity contribution in [1.29, 1.82) is 0 Å². The number of aromatic amines is 1. The number of fused-ring (bicyclic) bond motifs is 2. The average molecular weight is 380 g/mol. The standard InChI is InChI=1S/C23H29N3O2/c1-4-16(9-10-26(2)3)20-15-24-21-13-17(5-7-19(20)21)25-18-6-8-22-23(14-18)28-12-11-27-22/h5-8,13-16,24-25H,4,9-12H2,1-3H3. The van der Waals surface area contributed by atoms with Gasteiger partial charge in [0.1, 0.15) is 13.2 Å². The molecule has 0 radical (unpaired) electrons. The van der Waals surface area contributed by atoms with E-state index in [9.17, 15) is 0 Å². The first kappa shape index (κ1) is 18.7. The first-order valence-corrected chi connectivity index (χ1v) is 10.1. The van der Waals surface area contributed by atoms with Gasteiger partial charge >= 0.3 is 0 Å². The summed E-state index contributed by atoms with van der Waals surface area (Å²) in [5.41, 5.74) is 4.64. The average Bonchev–Trinajstić information content (AvgIpc) is 3.11. The molecule has 4 rings (SSSR count). The summed E-state index contributed by atoms with van der Waals surface area (Å²) in [6.45, 7) is 4.59. The molecule has 0 saturated heterocycles. The molecule has 0 saturated carbocycles. The molecule has 1 aliphatic heterocycles. The van der Waals surface area contributed by atoms with Crippen LogP contribution in [0.15, 0.2) is 42.6 Å². The third kappa shape index (κ3) is 3.94. The van der Waals surface area contributed by atoms with E-state index in [1.807, 2.05) is 18.2 Å². The molecule has 2 aromatic carbocycles. The van der Waals surface area contributed by atoms with Crippen LogP contribution in [0.3, 0.4) is 0 Å². The number of nitrogens with one attached hydrogen (secondary N) is 2. The summed E-state index contributed by atoms with van der Waals surface area (Å²) < 4.78 is 11.3. The second-order valence-electron chi connectivity index (χ2n) is 7.68. The van der Waals surface area contributed by atoms with Gasteiger partial charge in [-0.05, 0) is 69.2 Å². The quantitative estimate of drug-likeness (QED) is 0.598. The van der Waals surface area contributed by atoms with E-state index in [-0.39, 0.29) is 0 Å². The Balaban J connectivity index is 1.54. The minimum Gasteiger partial charge on any atom is -0.486 e. The van der Waals surface area contributed by atoms with Gasteiger partial charge in [0, 0.05) is 34.5 Å². The summed E-state index contributed by atoms with van der Waals surface area (Å²) in [5.74, 6) is 2.18. The van der Waals surface area contributed by atoms with Crippen LogP contribution in [0.2, 0.25) is 0 Å². The summed E-state index contributed by atoms with van der Waals surface area (Å²) in [6.07, 6.45) is 4.51. The lowest BCUT2D eigenvalue weighted by Crippen LogP contribution is -2.15. The minimum absolute atomic E-state index is 0.577. The van der Waals surface area contributed by atoms with E-state index in [2.05, 4.69) is 60.6 Å². The van der Waals surface area contributed by atoms with Crippen LogP contribution in [0.1, 0.15) is 31.2 Å². The number of anilines is 2. The fraction of sp³-hybridized carbons (Fsp3) is 0.391. The number of hydrogen-bond acceptors (Lipinski definition) is 4. The second kappa shape index (κ2) is 8.15. The summed E-state index contributed by atoms with van der Waals surface area (Å²) in [7, 11) is 4.27. The predicted octanol–water partition coefficient (Wildman–Crippen LogP) is 5.13. The molecule has 3 aromatic rings. The van der Waals surface area contributed by atoms with Crippen LogP contribution in [-0.2, 0) is 0 Å². The van der Waals surface area contributed by atoms with E-state index in [0.717, 1.165) is 35.8 Å². The summed E-state index contributed by atoms with van der Waals surface area (Å²) in [6, 6.07) is 12.5. The van der Waals surface area contributed by atoms with E-state index < -0.39 is 0 Å². The molecule has 0 spiro atoms. The van der Waals surface area contributed by atoms with Gasteiger partial charge in [-0.3, -0.25) is 0 Å². The molecule has 1 aliphatic rings. The van der Waals surface area contributed by atoms with Crippen molar-refractivity contribution in [3.05, 3.63) is 48.2 Å². The zero-order valence-corrected chi connectivity index (χ0v) is 16.9. The molecule has 0 amide bonds. The molecule has 28 heavy (non-hydrogen) atoms. The molecule has 0 aliphatic carbocycles. The van der Waals surface area contributed by atoms with Crippen LogP contribution >= 0.6 is 0 Å². The van der Waals surface area contributed by atoms with Crippen molar-refractivity contribution >= 4 is 22.3 Å². The lowest BCUT2D eigenvalue weighted by atomic mass is 9.92. The number of benzene rings is 2. The molecule has 148 valence electrons. The molecular formula is C23H29N3O2. The van der Waals surface area contributed by atoms with Gasteiger partial charge in [0.15, 0.2) is 11.5 Å². The van der Waals surface area contributed by atoms with Crippen LogP contribution in [0.5, 0.6) is 11.5 Å². The molecule has 0 fully saturated rings. The predicted molar refractivity (Wildman–Crippen MR) is 115 cm³/mol. The van der Waals surface area contributed by atoms with Gasteiger partial charge in [0.2, 0.25) is 0 Å². The van der Waals surface area contributed by atoms with Gasteiger partial charge in [-0.1, -0.05) is 13.0 Å². The Labute approximate surface area is 166 Å². The Morgan fingerprint density at radius 3 is 2.57 bits per heavy atom. The number of nitrogens with zero attached hydrogens (tertiary/aromatic N) is 1. The summed E-state index contributed by atoms with van der Waals surface area (Å²) >= 11 is 0. The molecule has 2 N–H and O–H groups in total. The molecular weight excluding hydrogens is 350 g/mol. The van der Waals surface area contributed by atoms with Gasteiger partial charge in [-0.2, -0.15) is 0 Å². The first-order valence-electron chi connectivity index (χ1n) is 10.1. The highest BCUT2D eigenvalue weighted by Gasteiger charge is 2.15. The molecule has 2 heterocycles. The molecule has 5 nitrogen and oxygen atoms in total. The van der Waals surface area contributed by atoms with Crippen molar-refractivity contribution in [2.75, 3.05) is 39.2 Å². The smallest absolute Gasteiger partial charge is 0.163 e. The Bertz CT molecular complexity index is 948. The van der Waals surface area contributed by atoms with Crippen LogP contribution in [0.4, 0.5) is 11.4 Å². The summed E-state index contributed by atoms with van der Waals surface area (Å²) in [4.78, 5) is 5.73.